The number of nitrogens with two attached hydrogens (primary N) is 1. The number of imidazole rings is 1. The Morgan fingerprint density at radius 1 is 1.26 bits per heavy atom. The van der Waals surface area contributed by atoms with Gasteiger partial charge in [-0.15, -0.1) is 0 Å². The average Bonchev–Trinajstić information content (AvgIpc) is 3.07. The molecule has 150 valence electrons. The topological polar surface area (TPSA) is 212 Å². The number of aliphatic hydroxyl groups is 2. The number of nitrogens with zero attached hydrogens (tertiary/aromatic N) is 4. The molecule has 1 fully saturated rings. The summed E-state index contributed by atoms with van der Waals surface area (Å²) in [7, 11) is -9.17. The quantitative estimate of drug-likeness (QED) is 0.351. The number of ether oxygens (including phenoxy) is 1. The highest BCUT2D eigenvalue weighted by atomic mass is 31.3. The van der Waals surface area contributed by atoms with E-state index in [1.165, 1.54) is 17.2 Å². The van der Waals surface area contributed by atoms with E-state index in [4.69, 9.17) is 15.4 Å². The van der Waals surface area contributed by atoms with Crippen molar-refractivity contribution in [2.75, 3.05) is 19.0 Å². The van der Waals surface area contributed by atoms with Gasteiger partial charge in [0, 0.05) is 6.66 Å². The van der Waals surface area contributed by atoms with Crippen molar-refractivity contribution in [2.45, 2.75) is 24.5 Å². The van der Waals surface area contributed by atoms with E-state index in [9.17, 15) is 24.2 Å². The van der Waals surface area contributed by atoms with Crippen molar-refractivity contribution in [3.05, 3.63) is 12.7 Å². The van der Waals surface area contributed by atoms with E-state index < -0.39 is 46.6 Å². The second-order valence-corrected chi connectivity index (χ2v) is 9.23. The van der Waals surface area contributed by atoms with Crippen LogP contribution in [0, 0.1) is 0 Å². The van der Waals surface area contributed by atoms with Crippen molar-refractivity contribution in [3.63, 3.8) is 0 Å². The van der Waals surface area contributed by atoms with Crippen LogP contribution in [0.15, 0.2) is 12.7 Å². The molecule has 0 radical (unpaired) electrons. The van der Waals surface area contributed by atoms with Crippen LogP contribution in [0.5, 0.6) is 0 Å². The number of phosphoric ester groups is 1. The first kappa shape index (κ1) is 20.3. The minimum absolute atomic E-state index is 0.109. The number of rotatable bonds is 6. The van der Waals surface area contributed by atoms with Crippen molar-refractivity contribution in [1.82, 2.24) is 19.5 Å². The predicted octanol–water partition coefficient (Wildman–Crippen LogP) is -1.02. The predicted molar refractivity (Wildman–Crippen MR) is 88.3 cm³/mol. The lowest BCUT2D eigenvalue weighted by Crippen LogP contribution is -2.33. The Morgan fingerprint density at radius 3 is 2.63 bits per heavy atom. The van der Waals surface area contributed by atoms with Gasteiger partial charge in [-0.2, -0.15) is 0 Å². The Balaban J connectivity index is 1.75. The molecule has 6 atom stereocenters. The first-order valence-corrected chi connectivity index (χ1v) is 10.9. The minimum atomic E-state index is -4.88. The third-order valence-electron chi connectivity index (χ3n) is 3.66. The molecule has 14 nitrogen and oxygen atoms in total. The maximum Gasteiger partial charge on any atom is 0.479 e. The highest BCUT2D eigenvalue weighted by Crippen LogP contribution is 2.58. The molecule has 0 spiro atoms. The van der Waals surface area contributed by atoms with E-state index >= 15 is 0 Å². The van der Waals surface area contributed by atoms with E-state index in [1.54, 1.807) is 0 Å². The van der Waals surface area contributed by atoms with Crippen LogP contribution in [-0.2, 0) is 22.7 Å². The van der Waals surface area contributed by atoms with Crippen LogP contribution in [0.2, 0.25) is 0 Å². The molecule has 3 rings (SSSR count). The molecule has 27 heavy (non-hydrogen) atoms. The van der Waals surface area contributed by atoms with Gasteiger partial charge >= 0.3 is 15.4 Å². The Kier molecular flexibility index (Phi) is 5.38. The fraction of sp³-hybridized carbons (Fsp3) is 0.545. The molecule has 1 saturated heterocycles. The molecule has 2 aromatic rings. The van der Waals surface area contributed by atoms with Crippen LogP contribution in [0.25, 0.3) is 11.2 Å². The summed E-state index contributed by atoms with van der Waals surface area (Å²) < 4.78 is 38.1. The van der Waals surface area contributed by atoms with Crippen LogP contribution in [0.1, 0.15) is 6.23 Å². The second-order valence-electron chi connectivity index (χ2n) is 5.78. The standard InChI is InChI=1S/C11H17N5O9P2/c1-26(19,20)25-27(21,22)23-2-5-7(17)8(18)11(24-5)16-4-15-6-9(12)13-3-14-10(6)16/h3-5,7-8,11,17-18H,2H2,1H3,(H,19,20)(H,21,22)(H2,12,13,14). The Labute approximate surface area is 151 Å². The number of aliphatic hydroxyl groups excluding tert-OH is 2. The van der Waals surface area contributed by atoms with Crippen molar-refractivity contribution in [3.8, 4) is 0 Å². The fourth-order valence-corrected chi connectivity index (χ4v) is 4.59. The summed E-state index contributed by atoms with van der Waals surface area (Å²) in [6.45, 7) is 0.00387. The Bertz CT molecular complexity index is 932. The zero-order valence-corrected chi connectivity index (χ0v) is 15.6. The van der Waals surface area contributed by atoms with Gasteiger partial charge in [0.15, 0.2) is 17.7 Å². The molecule has 1 aliphatic rings. The molecular formula is C11H17N5O9P2. The van der Waals surface area contributed by atoms with Crippen molar-refractivity contribution in [2.24, 2.45) is 0 Å². The van der Waals surface area contributed by atoms with Gasteiger partial charge in [-0.1, -0.05) is 0 Å². The zero-order chi connectivity index (χ0) is 20.0. The lowest BCUT2D eigenvalue weighted by molar-refractivity contribution is -0.0501. The zero-order valence-electron chi connectivity index (χ0n) is 13.8. The number of aromatic nitrogens is 4. The number of fused-ring (bicyclic) bond motifs is 1. The second kappa shape index (κ2) is 7.17. The average molecular weight is 425 g/mol. The van der Waals surface area contributed by atoms with Crippen molar-refractivity contribution < 1.29 is 42.7 Å². The summed E-state index contributed by atoms with van der Waals surface area (Å²) >= 11 is 0. The molecule has 0 saturated carbocycles. The van der Waals surface area contributed by atoms with Gasteiger partial charge in [0.25, 0.3) is 0 Å². The number of nitrogen functional groups attached to an aromatic ring is 1. The number of hydrogen-bond donors (Lipinski definition) is 5. The molecular weight excluding hydrogens is 408 g/mol. The molecule has 0 aromatic carbocycles. The first-order chi connectivity index (χ1) is 12.5. The van der Waals surface area contributed by atoms with Crippen LogP contribution >= 0.6 is 15.4 Å². The van der Waals surface area contributed by atoms with Crippen LogP contribution in [0.4, 0.5) is 5.82 Å². The van der Waals surface area contributed by atoms with E-state index in [2.05, 4.69) is 23.8 Å². The lowest BCUT2D eigenvalue weighted by Gasteiger charge is -2.18. The third-order valence-corrected chi connectivity index (χ3v) is 6.17. The highest BCUT2D eigenvalue weighted by Gasteiger charge is 2.45. The van der Waals surface area contributed by atoms with Crippen molar-refractivity contribution in [1.29, 1.82) is 0 Å². The van der Waals surface area contributed by atoms with Crippen LogP contribution in [0.3, 0.4) is 0 Å². The molecule has 6 unspecified atom stereocenters. The molecule has 16 heteroatoms. The molecule has 3 heterocycles. The van der Waals surface area contributed by atoms with Gasteiger partial charge in [0.1, 0.15) is 30.2 Å². The summed E-state index contributed by atoms with van der Waals surface area (Å²) in [5, 5.41) is 20.4. The van der Waals surface area contributed by atoms with Crippen LogP contribution < -0.4 is 5.73 Å². The SMILES string of the molecule is CP(=O)(O)OP(=O)(O)OCC1OC(n2cnc3c(N)ncnc32)C(O)C1O. The number of phosphoric acid groups is 1. The van der Waals surface area contributed by atoms with Crippen LogP contribution in [-0.4, -0.2) is 71.1 Å². The molecule has 6 N–H and O–H groups in total. The smallest absolute Gasteiger partial charge is 0.387 e. The maximum atomic E-state index is 11.6. The Morgan fingerprint density at radius 2 is 1.96 bits per heavy atom. The van der Waals surface area contributed by atoms with Gasteiger partial charge in [0.2, 0.25) is 0 Å². The van der Waals surface area contributed by atoms with Gasteiger partial charge in [-0.05, 0) is 0 Å². The monoisotopic (exact) mass is 425 g/mol. The molecule has 1 aliphatic heterocycles. The number of anilines is 1. The summed E-state index contributed by atoms with van der Waals surface area (Å²) in [6, 6.07) is 0. The van der Waals surface area contributed by atoms with Gasteiger partial charge in [-0.25, -0.2) is 23.8 Å². The molecule has 0 amide bonds. The fourth-order valence-electron chi connectivity index (χ4n) is 2.54. The first-order valence-electron chi connectivity index (χ1n) is 7.42. The number of hydrogen-bond acceptors (Lipinski definition) is 11. The van der Waals surface area contributed by atoms with Gasteiger partial charge < -0.3 is 30.5 Å². The van der Waals surface area contributed by atoms with E-state index in [0.29, 0.717) is 6.66 Å². The van der Waals surface area contributed by atoms with Gasteiger partial charge in [-0.3, -0.25) is 13.7 Å². The van der Waals surface area contributed by atoms with E-state index in [-0.39, 0.29) is 17.0 Å². The summed E-state index contributed by atoms with van der Waals surface area (Å²) in [5.74, 6) is 0.109. The summed E-state index contributed by atoms with van der Waals surface area (Å²) in [4.78, 5) is 30.2. The van der Waals surface area contributed by atoms with E-state index in [1.807, 2.05) is 0 Å². The largest absolute Gasteiger partial charge is 0.479 e. The van der Waals surface area contributed by atoms with Gasteiger partial charge in [0.05, 0.1) is 12.9 Å². The maximum absolute atomic E-state index is 11.6. The summed E-state index contributed by atoms with van der Waals surface area (Å²) in [5.41, 5.74) is 6.19. The van der Waals surface area contributed by atoms with Crippen molar-refractivity contribution >= 4 is 32.4 Å². The van der Waals surface area contributed by atoms with E-state index in [0.717, 1.165) is 0 Å². The summed E-state index contributed by atoms with van der Waals surface area (Å²) in [6.07, 6.45) is -2.90. The Hall–Kier alpha value is -1.47. The molecule has 0 bridgehead atoms. The highest BCUT2D eigenvalue weighted by molar-refractivity contribution is 7.63. The lowest BCUT2D eigenvalue weighted by atomic mass is 10.1. The molecule has 0 aliphatic carbocycles. The molecule has 2 aromatic heterocycles. The minimum Gasteiger partial charge on any atom is -0.387 e. The normalized spacial score (nSPS) is 30.3. The third kappa shape index (κ3) is 4.35.